The van der Waals surface area contributed by atoms with Crippen LogP contribution in [0.25, 0.3) is 0 Å². The molecule has 212 valence electrons. The van der Waals surface area contributed by atoms with Crippen LogP contribution in [0.4, 0.5) is 0 Å². The van der Waals surface area contributed by atoms with Crippen LogP contribution < -0.4 is 104 Å². The monoisotopic (exact) mass is 594 g/mol. The largest absolute Gasteiger partial charge is 1.00 e. The van der Waals surface area contributed by atoms with Crippen LogP contribution in [-0.2, 0) is 28.8 Å². The topological polar surface area (TPSA) is 525 Å². The molecule has 0 saturated heterocycles. The average molecular weight is 594 g/mol. The quantitative estimate of drug-likeness (QED) is 0.147. The predicted octanol–water partition coefficient (Wildman–Crippen LogP) is -22.1. The maximum absolute atomic E-state index is 10.3. The first kappa shape index (κ1) is 83.3. The molecule has 0 saturated carbocycles. The van der Waals surface area contributed by atoms with Crippen LogP contribution in [0.3, 0.4) is 0 Å². The first-order valence-corrected chi connectivity index (χ1v) is 6.28. The van der Waals surface area contributed by atoms with E-state index in [2.05, 4.69) is 0 Å². The molecule has 0 fully saturated rings. The van der Waals surface area contributed by atoms with Gasteiger partial charge in [0.05, 0.1) is 18.8 Å². The normalized spacial score (nSPS) is 7.62. The van der Waals surface area contributed by atoms with E-state index >= 15 is 0 Å². The Hall–Kier alpha value is -0.580. The van der Waals surface area contributed by atoms with Gasteiger partial charge in [-0.15, -0.1) is 0 Å². The molecule has 22 nitrogen and oxygen atoms in total. The van der Waals surface area contributed by atoms with E-state index in [1.54, 1.807) is 0 Å². The Balaban J connectivity index is -0.0000000218. The molecule has 37 heavy (non-hydrogen) atoms. The van der Waals surface area contributed by atoms with E-state index in [1.807, 2.05) is 0 Å². The molecule has 0 bridgehead atoms. The van der Waals surface area contributed by atoms with Crippen molar-refractivity contribution >= 4 is 35.8 Å². The van der Waals surface area contributed by atoms with Crippen molar-refractivity contribution in [2.24, 2.45) is 0 Å². The molecule has 0 amide bonds. The number of carbonyl (C=O) groups is 6. The van der Waals surface area contributed by atoms with Crippen LogP contribution in [-0.4, -0.2) is 116 Å². The van der Waals surface area contributed by atoms with E-state index in [1.165, 1.54) is 0 Å². The third kappa shape index (κ3) is 40.1. The molecular formula is C12H29Na3O22. The number of rotatable bonds is 10. The summed E-state index contributed by atoms with van der Waals surface area (Å²) in [5.41, 5.74) is -5.71. The summed E-state index contributed by atoms with van der Waals surface area (Å²) in [5, 5.41) is 72.7. The predicted molar refractivity (Wildman–Crippen MR) is 95.2 cm³/mol. The molecule has 0 aliphatic rings. The molecule has 0 aliphatic heterocycles. The maximum Gasteiger partial charge on any atom is 1.00 e. The third-order valence-electron chi connectivity index (χ3n) is 2.54. The van der Waals surface area contributed by atoms with Crippen molar-refractivity contribution in [2.75, 3.05) is 0 Å². The second kappa shape index (κ2) is 37.6. The van der Waals surface area contributed by atoms with Crippen molar-refractivity contribution in [2.45, 2.75) is 36.9 Å². The van der Waals surface area contributed by atoms with Crippen molar-refractivity contribution in [1.29, 1.82) is 0 Å². The SMILES string of the molecule is O.O.O.O.O.O.O.O.O=C(O)CC(O)(CC(=O)O)C(=O)O.O=C([O-])CC(O)(CC(=O)[O-])C(=O)[O-].[Na+].[Na+].[Na+]. The van der Waals surface area contributed by atoms with Crippen LogP contribution in [0.5, 0.6) is 0 Å². The summed E-state index contributed by atoms with van der Waals surface area (Å²) in [5.74, 6) is -11.0. The van der Waals surface area contributed by atoms with E-state index in [0.717, 1.165) is 0 Å². The fourth-order valence-electron chi connectivity index (χ4n) is 1.40. The van der Waals surface area contributed by atoms with Gasteiger partial charge in [-0.2, -0.15) is 0 Å². The van der Waals surface area contributed by atoms with Crippen LogP contribution in [0.2, 0.25) is 0 Å². The Morgan fingerprint density at radius 2 is 0.703 bits per heavy atom. The fraction of sp³-hybridized carbons (Fsp3) is 0.500. The standard InChI is InChI=1S/2C6H8O7.3Na.8H2O/c2*7-3(8)1-6(13,5(11)12)2-4(9)10;;;;;;;;;;;/h2*13H,1-2H2,(H,7,8)(H,9,10)(H,11,12);;;;8*1H2/q;;3*+1;;;;;;;;/p-3. The molecule has 25 heteroatoms. The summed E-state index contributed by atoms with van der Waals surface area (Å²) in [6.07, 6.45) is -5.00. The van der Waals surface area contributed by atoms with Gasteiger partial charge < -0.3 is 99.0 Å². The Labute approximate surface area is 272 Å². The number of hydrogen-bond acceptors (Lipinski definition) is 11. The van der Waals surface area contributed by atoms with Gasteiger partial charge in [0.1, 0.15) is 5.60 Å². The van der Waals surface area contributed by atoms with Crippen LogP contribution >= 0.6 is 0 Å². The average Bonchev–Trinajstić information content (AvgIpc) is 2.34. The Morgan fingerprint density at radius 1 is 0.486 bits per heavy atom. The first-order chi connectivity index (χ1) is 11.6. The number of carboxylic acid groups (broad SMARTS) is 6. The Bertz CT molecular complexity index is 528. The minimum Gasteiger partial charge on any atom is -0.550 e. The van der Waals surface area contributed by atoms with Crippen LogP contribution in [0.15, 0.2) is 0 Å². The summed E-state index contributed by atoms with van der Waals surface area (Å²) in [6.45, 7) is 0. The zero-order valence-electron chi connectivity index (χ0n) is 19.7. The molecular weight excluding hydrogens is 565 g/mol. The summed E-state index contributed by atoms with van der Waals surface area (Å²) in [7, 11) is 0. The second-order valence-electron chi connectivity index (χ2n) is 4.89. The van der Waals surface area contributed by atoms with E-state index in [0.29, 0.717) is 0 Å². The molecule has 0 radical (unpaired) electrons. The minimum atomic E-state index is -2.97. The smallest absolute Gasteiger partial charge is 0.550 e. The van der Waals surface area contributed by atoms with Crippen LogP contribution in [0, 0.1) is 0 Å². The van der Waals surface area contributed by atoms with Crippen molar-refractivity contribution in [3.8, 4) is 0 Å². The molecule has 0 atom stereocenters. The number of aliphatic hydroxyl groups is 2. The van der Waals surface area contributed by atoms with Gasteiger partial charge in [-0.1, -0.05) is 0 Å². The minimum absolute atomic E-state index is 0. The van der Waals surface area contributed by atoms with Gasteiger partial charge in [-0.25, -0.2) is 4.79 Å². The van der Waals surface area contributed by atoms with Crippen molar-refractivity contribution in [3.63, 3.8) is 0 Å². The van der Waals surface area contributed by atoms with E-state index in [4.69, 9.17) is 25.5 Å². The second-order valence-corrected chi connectivity index (χ2v) is 4.89. The molecule has 0 rings (SSSR count). The number of carboxylic acids is 6. The summed E-state index contributed by atoms with van der Waals surface area (Å²) in [6, 6.07) is 0. The zero-order chi connectivity index (χ0) is 21.3. The number of aliphatic carboxylic acids is 6. The Morgan fingerprint density at radius 3 is 0.811 bits per heavy atom. The van der Waals surface area contributed by atoms with Crippen molar-refractivity contribution < 1.29 is 202 Å². The third-order valence-corrected chi connectivity index (χ3v) is 2.54. The molecule has 0 spiro atoms. The van der Waals surface area contributed by atoms with Gasteiger partial charge in [-0.05, 0) is 0 Å². The molecule has 0 aromatic heterocycles. The van der Waals surface area contributed by atoms with Gasteiger partial charge >= 0.3 is 107 Å². The van der Waals surface area contributed by atoms with E-state index in [-0.39, 0.29) is 132 Å². The molecule has 0 aromatic carbocycles. The van der Waals surface area contributed by atoms with Gasteiger partial charge in [-0.3, -0.25) is 9.59 Å². The first-order valence-electron chi connectivity index (χ1n) is 6.28. The molecule has 0 heterocycles. The molecule has 0 aromatic rings. The number of hydrogen-bond donors (Lipinski definition) is 5. The van der Waals surface area contributed by atoms with Gasteiger partial charge in [0.15, 0.2) is 5.60 Å². The van der Waals surface area contributed by atoms with E-state index in [9.17, 15) is 44.1 Å². The van der Waals surface area contributed by atoms with Gasteiger partial charge in [0.2, 0.25) is 0 Å². The summed E-state index contributed by atoms with van der Waals surface area (Å²) >= 11 is 0. The van der Waals surface area contributed by atoms with Gasteiger partial charge in [0, 0.05) is 24.8 Å². The zero-order valence-corrected chi connectivity index (χ0v) is 25.7. The molecule has 0 aliphatic carbocycles. The fourth-order valence-corrected chi connectivity index (χ4v) is 1.40. The maximum atomic E-state index is 10.3. The number of carbonyl (C=O) groups excluding carboxylic acids is 3. The van der Waals surface area contributed by atoms with Crippen molar-refractivity contribution in [1.82, 2.24) is 0 Å². The van der Waals surface area contributed by atoms with E-state index < -0.39 is 72.7 Å². The van der Waals surface area contributed by atoms with Gasteiger partial charge in [0.25, 0.3) is 0 Å². The summed E-state index contributed by atoms with van der Waals surface area (Å²) < 4.78 is 0. The summed E-state index contributed by atoms with van der Waals surface area (Å²) in [4.78, 5) is 60.5. The van der Waals surface area contributed by atoms with Crippen LogP contribution in [0.1, 0.15) is 25.7 Å². The molecule has 0 unspecified atom stereocenters. The molecule has 21 N–H and O–H groups in total. The van der Waals surface area contributed by atoms with Crippen molar-refractivity contribution in [3.05, 3.63) is 0 Å². The Kier molecular flexibility index (Phi) is 84.6.